The summed E-state index contributed by atoms with van der Waals surface area (Å²) in [5, 5.41) is 5.30. The highest BCUT2D eigenvalue weighted by atomic mass is 35.5. The largest absolute Gasteiger partial charge is 0.252 e. The normalized spacial score (nSPS) is 11.9. The first kappa shape index (κ1) is 14.0. The van der Waals surface area contributed by atoms with Crippen LogP contribution in [0, 0.1) is 5.82 Å². The number of benzene rings is 2. The molecule has 106 valence electrons. The fourth-order valence-corrected chi connectivity index (χ4v) is 3.01. The molecule has 21 heavy (non-hydrogen) atoms. The highest BCUT2D eigenvalue weighted by Crippen LogP contribution is 2.25. The Morgan fingerprint density at radius 2 is 2.10 bits per heavy atom. The smallest absolute Gasteiger partial charge is 0.204 e. The molecule has 3 rings (SSSR count). The minimum Gasteiger partial charge on any atom is -0.252 e. The van der Waals surface area contributed by atoms with Crippen molar-refractivity contribution in [3.63, 3.8) is 0 Å². The molecule has 1 N–H and O–H groups in total. The Bertz CT molecular complexity index is 796. The lowest BCUT2D eigenvalue weighted by Gasteiger charge is -2.03. The molecule has 0 fully saturated rings. The van der Waals surface area contributed by atoms with Gasteiger partial charge < -0.3 is 0 Å². The van der Waals surface area contributed by atoms with Gasteiger partial charge in [-0.25, -0.2) is 9.37 Å². The molecule has 1 aromatic heterocycles. The third-order valence-electron chi connectivity index (χ3n) is 2.93. The molecule has 6 heteroatoms. The van der Waals surface area contributed by atoms with Crippen molar-refractivity contribution in [3.8, 4) is 0 Å². The van der Waals surface area contributed by atoms with Gasteiger partial charge in [0.25, 0.3) is 0 Å². The Labute approximate surface area is 130 Å². The number of fused-ring (bicyclic) bond motifs is 1. The molecule has 0 spiro atoms. The van der Waals surface area contributed by atoms with Crippen LogP contribution in [0.25, 0.3) is 10.2 Å². The molecule has 0 aliphatic heterocycles. The van der Waals surface area contributed by atoms with E-state index in [9.17, 15) is 4.39 Å². The molecule has 0 saturated heterocycles. The molecule has 3 aromatic rings. The quantitative estimate of drug-likeness (QED) is 0.549. The van der Waals surface area contributed by atoms with E-state index in [-0.39, 0.29) is 5.82 Å². The summed E-state index contributed by atoms with van der Waals surface area (Å²) in [5.74, 6) is -0.365. The minimum absolute atomic E-state index is 0.336. The summed E-state index contributed by atoms with van der Waals surface area (Å²) in [6.45, 7) is 1.80. The van der Waals surface area contributed by atoms with E-state index in [1.54, 1.807) is 13.0 Å². The molecule has 1 heterocycles. The van der Waals surface area contributed by atoms with Crippen LogP contribution < -0.4 is 5.43 Å². The second kappa shape index (κ2) is 5.79. The van der Waals surface area contributed by atoms with E-state index in [1.165, 1.54) is 23.5 Å². The zero-order valence-electron chi connectivity index (χ0n) is 11.1. The van der Waals surface area contributed by atoms with Crippen LogP contribution in [-0.4, -0.2) is 10.7 Å². The summed E-state index contributed by atoms with van der Waals surface area (Å²) >= 11 is 7.53. The van der Waals surface area contributed by atoms with Crippen molar-refractivity contribution in [2.24, 2.45) is 5.10 Å². The maximum absolute atomic E-state index is 13.0. The van der Waals surface area contributed by atoms with Crippen LogP contribution in [0.5, 0.6) is 0 Å². The van der Waals surface area contributed by atoms with Crippen LogP contribution in [0.15, 0.2) is 47.6 Å². The average molecular weight is 320 g/mol. The maximum Gasteiger partial charge on any atom is 0.204 e. The lowest BCUT2D eigenvalue weighted by molar-refractivity contribution is 0.628. The molecule has 0 saturated carbocycles. The van der Waals surface area contributed by atoms with Crippen LogP contribution >= 0.6 is 22.9 Å². The number of anilines is 1. The standard InChI is InChI=1S/C15H11ClFN3S/c1-9(11-7-6-10(17)8-12(11)16)19-20-15-18-13-4-2-3-5-14(13)21-15/h2-8H,1H3,(H,18,20)/b19-9-. The van der Waals surface area contributed by atoms with Crippen LogP contribution in [0.3, 0.4) is 0 Å². The molecule has 0 atom stereocenters. The highest BCUT2D eigenvalue weighted by Gasteiger charge is 2.06. The Morgan fingerprint density at radius 1 is 1.29 bits per heavy atom. The summed E-state index contributed by atoms with van der Waals surface area (Å²) in [5.41, 5.74) is 5.20. The number of nitrogens with zero attached hydrogens (tertiary/aromatic N) is 2. The fraction of sp³-hybridized carbons (Fsp3) is 0.0667. The van der Waals surface area contributed by atoms with E-state index in [1.807, 2.05) is 24.3 Å². The number of thiazole rings is 1. The average Bonchev–Trinajstić information content (AvgIpc) is 2.87. The van der Waals surface area contributed by atoms with Crippen molar-refractivity contribution < 1.29 is 4.39 Å². The van der Waals surface area contributed by atoms with Gasteiger partial charge >= 0.3 is 0 Å². The number of halogens is 2. The summed E-state index contributed by atoms with van der Waals surface area (Å²) < 4.78 is 14.1. The summed E-state index contributed by atoms with van der Waals surface area (Å²) in [6, 6.07) is 12.1. The number of hydrogen-bond donors (Lipinski definition) is 1. The number of para-hydroxylation sites is 1. The summed E-state index contributed by atoms with van der Waals surface area (Å²) in [4.78, 5) is 4.42. The van der Waals surface area contributed by atoms with Crippen LogP contribution in [-0.2, 0) is 0 Å². The third-order valence-corrected chi connectivity index (χ3v) is 4.19. The Morgan fingerprint density at radius 3 is 2.86 bits per heavy atom. The molecule has 0 radical (unpaired) electrons. The molecular formula is C15H11ClFN3S. The van der Waals surface area contributed by atoms with Crippen molar-refractivity contribution in [1.82, 2.24) is 4.98 Å². The van der Waals surface area contributed by atoms with Crippen LogP contribution in [0.2, 0.25) is 5.02 Å². The van der Waals surface area contributed by atoms with Gasteiger partial charge in [-0.3, -0.25) is 5.43 Å². The molecule has 0 aliphatic rings. The van der Waals surface area contributed by atoms with Gasteiger partial charge in [-0.05, 0) is 37.3 Å². The van der Waals surface area contributed by atoms with Gasteiger partial charge in [0.15, 0.2) is 0 Å². The lowest BCUT2D eigenvalue weighted by Crippen LogP contribution is -2.00. The van der Waals surface area contributed by atoms with Crippen molar-refractivity contribution in [3.05, 3.63) is 58.9 Å². The Hall–Kier alpha value is -1.98. The molecule has 0 aliphatic carbocycles. The maximum atomic E-state index is 13.0. The zero-order chi connectivity index (χ0) is 14.8. The van der Waals surface area contributed by atoms with Gasteiger partial charge in [0.2, 0.25) is 5.13 Å². The number of hydrogen-bond acceptors (Lipinski definition) is 4. The first-order valence-electron chi connectivity index (χ1n) is 6.25. The van der Waals surface area contributed by atoms with Crippen molar-refractivity contribution in [1.29, 1.82) is 0 Å². The molecule has 0 bridgehead atoms. The zero-order valence-corrected chi connectivity index (χ0v) is 12.7. The van der Waals surface area contributed by atoms with E-state index >= 15 is 0 Å². The monoisotopic (exact) mass is 319 g/mol. The Balaban J connectivity index is 1.84. The third kappa shape index (κ3) is 3.04. The number of hydrazone groups is 1. The van der Waals surface area contributed by atoms with E-state index in [2.05, 4.69) is 15.5 Å². The van der Waals surface area contributed by atoms with Gasteiger partial charge in [-0.15, -0.1) is 0 Å². The predicted octanol–water partition coefficient (Wildman–Crippen LogP) is 4.92. The van der Waals surface area contributed by atoms with Crippen molar-refractivity contribution >= 4 is 44.0 Å². The first-order valence-corrected chi connectivity index (χ1v) is 7.44. The predicted molar refractivity (Wildman–Crippen MR) is 86.9 cm³/mol. The fourth-order valence-electron chi connectivity index (χ4n) is 1.89. The topological polar surface area (TPSA) is 37.3 Å². The van der Waals surface area contributed by atoms with Gasteiger partial charge in [0.05, 0.1) is 21.0 Å². The van der Waals surface area contributed by atoms with E-state index < -0.39 is 0 Å². The van der Waals surface area contributed by atoms with Crippen molar-refractivity contribution in [2.45, 2.75) is 6.92 Å². The molecular weight excluding hydrogens is 309 g/mol. The number of nitrogens with one attached hydrogen (secondary N) is 1. The molecule has 0 amide bonds. The van der Waals surface area contributed by atoms with Crippen molar-refractivity contribution in [2.75, 3.05) is 5.43 Å². The van der Waals surface area contributed by atoms with Gasteiger partial charge in [0.1, 0.15) is 5.82 Å². The van der Waals surface area contributed by atoms with Gasteiger partial charge in [-0.2, -0.15) is 5.10 Å². The summed E-state index contributed by atoms with van der Waals surface area (Å²) in [7, 11) is 0. The summed E-state index contributed by atoms with van der Waals surface area (Å²) in [6.07, 6.45) is 0. The SMILES string of the molecule is C/C(=N/Nc1nc2ccccc2s1)c1ccc(F)cc1Cl. The van der Waals surface area contributed by atoms with E-state index in [0.717, 1.165) is 10.2 Å². The van der Waals surface area contributed by atoms with E-state index in [4.69, 9.17) is 11.6 Å². The molecule has 0 unspecified atom stereocenters. The molecule has 2 aromatic carbocycles. The molecule has 3 nitrogen and oxygen atoms in total. The second-order valence-corrected chi connectivity index (χ2v) is 5.86. The Kier molecular flexibility index (Phi) is 3.86. The van der Waals surface area contributed by atoms with Crippen LogP contribution in [0.4, 0.5) is 9.52 Å². The minimum atomic E-state index is -0.365. The van der Waals surface area contributed by atoms with E-state index in [0.29, 0.717) is 21.4 Å². The highest BCUT2D eigenvalue weighted by molar-refractivity contribution is 7.22. The van der Waals surface area contributed by atoms with Gasteiger partial charge in [0, 0.05) is 5.56 Å². The van der Waals surface area contributed by atoms with Gasteiger partial charge in [-0.1, -0.05) is 35.1 Å². The number of aromatic nitrogens is 1. The first-order chi connectivity index (χ1) is 10.1. The number of rotatable bonds is 3. The second-order valence-electron chi connectivity index (χ2n) is 4.42. The van der Waals surface area contributed by atoms with Crippen LogP contribution in [0.1, 0.15) is 12.5 Å². The lowest BCUT2D eigenvalue weighted by atomic mass is 10.1.